The number of hydrogen-bond acceptors (Lipinski definition) is 4. The van der Waals surface area contributed by atoms with Crippen LogP contribution in [0.4, 0.5) is 0 Å². The van der Waals surface area contributed by atoms with Crippen LogP contribution in [0.15, 0.2) is 12.4 Å². The number of aromatic nitrogens is 2. The Labute approximate surface area is 101 Å². The molecule has 0 atom stereocenters. The van der Waals surface area contributed by atoms with Gasteiger partial charge in [-0.05, 0) is 19.8 Å². The Morgan fingerprint density at radius 3 is 2.35 bits per heavy atom. The van der Waals surface area contributed by atoms with E-state index in [1.165, 1.54) is 13.5 Å². The summed E-state index contributed by atoms with van der Waals surface area (Å²) in [7, 11) is 1.45. The maximum atomic E-state index is 12.1. The molecule has 0 aromatic carbocycles. The van der Waals surface area contributed by atoms with Crippen LogP contribution in [-0.4, -0.2) is 23.0 Å². The fraction of sp³-hybridized carbons (Fsp3) is 0.615. The molecule has 92 valence electrons. The predicted molar refractivity (Wildman–Crippen MR) is 63.5 cm³/mol. The van der Waals surface area contributed by atoms with Crippen molar-refractivity contribution in [2.24, 2.45) is 0 Å². The van der Waals surface area contributed by atoms with Crippen molar-refractivity contribution in [3.05, 3.63) is 23.8 Å². The summed E-state index contributed by atoms with van der Waals surface area (Å²) in [6, 6.07) is 0. The van der Waals surface area contributed by atoms with Gasteiger partial charge in [0, 0.05) is 18.0 Å². The van der Waals surface area contributed by atoms with Crippen molar-refractivity contribution >= 4 is 5.97 Å². The largest absolute Gasteiger partial charge is 0.468 e. The topological polar surface area (TPSA) is 52.1 Å². The van der Waals surface area contributed by atoms with Crippen LogP contribution >= 0.6 is 0 Å². The Bertz CT molecular complexity index is 394. The molecular formula is C13H18N2O2. The molecule has 2 rings (SSSR count). The molecule has 1 aromatic heterocycles. The third-order valence-corrected chi connectivity index (χ3v) is 3.62. The molecule has 1 saturated carbocycles. The number of carbonyl (C=O) groups is 1. The lowest BCUT2D eigenvalue weighted by atomic mass is 9.70. The Balaban J connectivity index is 2.38. The lowest BCUT2D eigenvalue weighted by Crippen LogP contribution is -2.39. The number of rotatable bonds is 2. The number of nitrogens with zero attached hydrogens (tertiary/aromatic N) is 2. The molecule has 4 heteroatoms. The molecule has 0 spiro atoms. The van der Waals surface area contributed by atoms with E-state index in [9.17, 15) is 4.79 Å². The van der Waals surface area contributed by atoms with E-state index < -0.39 is 5.41 Å². The summed E-state index contributed by atoms with van der Waals surface area (Å²) in [6.07, 6.45) is 8.52. The van der Waals surface area contributed by atoms with Crippen LogP contribution in [0.3, 0.4) is 0 Å². The summed E-state index contributed by atoms with van der Waals surface area (Å²) < 4.78 is 4.98. The standard InChI is InChI=1S/C13H18N2O2/c1-10-14-8-11(9-15-10)13(12(16)17-2)6-4-3-5-7-13/h8-9H,3-7H2,1-2H3. The quantitative estimate of drug-likeness (QED) is 0.736. The first kappa shape index (κ1) is 12.0. The third-order valence-electron chi connectivity index (χ3n) is 3.62. The summed E-state index contributed by atoms with van der Waals surface area (Å²) >= 11 is 0. The van der Waals surface area contributed by atoms with Gasteiger partial charge in [0.15, 0.2) is 0 Å². The van der Waals surface area contributed by atoms with E-state index >= 15 is 0 Å². The van der Waals surface area contributed by atoms with Crippen LogP contribution in [0, 0.1) is 6.92 Å². The maximum Gasteiger partial charge on any atom is 0.316 e. The Morgan fingerprint density at radius 2 is 1.82 bits per heavy atom. The highest BCUT2D eigenvalue weighted by Gasteiger charge is 2.42. The third kappa shape index (κ3) is 2.16. The average Bonchev–Trinajstić information content (AvgIpc) is 2.39. The van der Waals surface area contributed by atoms with Gasteiger partial charge in [0.1, 0.15) is 5.82 Å². The highest BCUT2D eigenvalue weighted by atomic mass is 16.5. The van der Waals surface area contributed by atoms with Gasteiger partial charge in [-0.15, -0.1) is 0 Å². The van der Waals surface area contributed by atoms with Crippen molar-refractivity contribution in [3.63, 3.8) is 0 Å². The van der Waals surface area contributed by atoms with Crippen molar-refractivity contribution in [2.45, 2.75) is 44.4 Å². The SMILES string of the molecule is COC(=O)C1(c2cnc(C)nc2)CCCCC1. The highest BCUT2D eigenvalue weighted by Crippen LogP contribution is 2.39. The van der Waals surface area contributed by atoms with Crippen LogP contribution in [0.2, 0.25) is 0 Å². The maximum absolute atomic E-state index is 12.1. The van der Waals surface area contributed by atoms with Gasteiger partial charge in [-0.1, -0.05) is 19.3 Å². The molecule has 1 fully saturated rings. The Kier molecular flexibility index (Phi) is 3.41. The van der Waals surface area contributed by atoms with Gasteiger partial charge in [0.25, 0.3) is 0 Å². The molecule has 0 radical (unpaired) electrons. The molecule has 0 N–H and O–H groups in total. The second-order valence-electron chi connectivity index (χ2n) is 4.65. The van der Waals surface area contributed by atoms with E-state index in [1.54, 1.807) is 12.4 Å². The van der Waals surface area contributed by atoms with Crippen molar-refractivity contribution in [1.29, 1.82) is 0 Å². The zero-order chi connectivity index (χ0) is 12.3. The van der Waals surface area contributed by atoms with Crippen molar-refractivity contribution < 1.29 is 9.53 Å². The summed E-state index contributed by atoms with van der Waals surface area (Å²) in [4.78, 5) is 20.5. The van der Waals surface area contributed by atoms with Crippen molar-refractivity contribution in [2.75, 3.05) is 7.11 Å². The monoisotopic (exact) mass is 234 g/mol. The van der Waals surface area contributed by atoms with E-state index in [0.717, 1.165) is 37.1 Å². The Morgan fingerprint density at radius 1 is 1.24 bits per heavy atom. The molecule has 0 aliphatic heterocycles. The smallest absolute Gasteiger partial charge is 0.316 e. The minimum Gasteiger partial charge on any atom is -0.468 e. The number of methoxy groups -OCH3 is 1. The molecule has 0 unspecified atom stereocenters. The predicted octanol–water partition coefficient (Wildman–Crippen LogP) is 2.16. The molecule has 1 heterocycles. The molecule has 1 aliphatic carbocycles. The number of esters is 1. The molecule has 17 heavy (non-hydrogen) atoms. The van der Waals surface area contributed by atoms with Gasteiger partial charge in [-0.3, -0.25) is 4.79 Å². The first-order valence-corrected chi connectivity index (χ1v) is 6.06. The second-order valence-corrected chi connectivity index (χ2v) is 4.65. The molecule has 0 amide bonds. The molecule has 4 nitrogen and oxygen atoms in total. The molecule has 1 aromatic rings. The van der Waals surface area contributed by atoms with Crippen LogP contribution in [0.25, 0.3) is 0 Å². The van der Waals surface area contributed by atoms with Crippen LogP contribution in [0.1, 0.15) is 43.5 Å². The lowest BCUT2D eigenvalue weighted by molar-refractivity contribution is -0.149. The first-order valence-electron chi connectivity index (χ1n) is 6.06. The number of ether oxygens (including phenoxy) is 1. The summed E-state index contributed by atoms with van der Waals surface area (Å²) in [5, 5.41) is 0. The van der Waals surface area contributed by atoms with Crippen LogP contribution in [0.5, 0.6) is 0 Å². The first-order chi connectivity index (χ1) is 8.19. The van der Waals surface area contributed by atoms with Gasteiger partial charge in [-0.25, -0.2) is 9.97 Å². The molecule has 1 aliphatic rings. The highest BCUT2D eigenvalue weighted by molar-refractivity contribution is 5.83. The fourth-order valence-electron chi connectivity index (χ4n) is 2.60. The van der Waals surface area contributed by atoms with Gasteiger partial charge < -0.3 is 4.74 Å². The fourth-order valence-corrected chi connectivity index (χ4v) is 2.60. The van der Waals surface area contributed by atoms with Crippen molar-refractivity contribution in [3.8, 4) is 0 Å². The summed E-state index contributed by atoms with van der Waals surface area (Å²) in [5.41, 5.74) is 0.385. The zero-order valence-electron chi connectivity index (χ0n) is 10.4. The number of aryl methyl sites for hydroxylation is 1. The van der Waals surface area contributed by atoms with E-state index in [2.05, 4.69) is 9.97 Å². The van der Waals surface area contributed by atoms with Gasteiger partial charge in [-0.2, -0.15) is 0 Å². The van der Waals surface area contributed by atoms with Crippen LogP contribution in [-0.2, 0) is 14.9 Å². The van der Waals surface area contributed by atoms with E-state index in [-0.39, 0.29) is 5.97 Å². The van der Waals surface area contributed by atoms with E-state index in [4.69, 9.17) is 4.74 Å². The summed E-state index contributed by atoms with van der Waals surface area (Å²) in [5.74, 6) is 0.578. The van der Waals surface area contributed by atoms with E-state index in [1.807, 2.05) is 6.92 Å². The minimum absolute atomic E-state index is 0.148. The molecular weight excluding hydrogens is 216 g/mol. The van der Waals surface area contributed by atoms with Gasteiger partial charge in [0.2, 0.25) is 0 Å². The minimum atomic E-state index is -0.513. The van der Waals surface area contributed by atoms with Gasteiger partial charge in [0.05, 0.1) is 12.5 Å². The summed E-state index contributed by atoms with van der Waals surface area (Å²) in [6.45, 7) is 1.84. The number of carbonyl (C=O) groups excluding carboxylic acids is 1. The van der Waals surface area contributed by atoms with Crippen LogP contribution < -0.4 is 0 Å². The molecule has 0 saturated heterocycles. The second kappa shape index (κ2) is 4.82. The lowest BCUT2D eigenvalue weighted by Gasteiger charge is -2.34. The average molecular weight is 234 g/mol. The van der Waals surface area contributed by atoms with Gasteiger partial charge >= 0.3 is 5.97 Å². The normalized spacial score (nSPS) is 18.7. The Hall–Kier alpha value is -1.45. The number of hydrogen-bond donors (Lipinski definition) is 0. The molecule has 0 bridgehead atoms. The zero-order valence-corrected chi connectivity index (χ0v) is 10.4. The van der Waals surface area contributed by atoms with E-state index in [0.29, 0.717) is 0 Å². The van der Waals surface area contributed by atoms with Crippen molar-refractivity contribution in [1.82, 2.24) is 9.97 Å².